The second-order valence-corrected chi connectivity index (χ2v) is 5.58. The Morgan fingerprint density at radius 1 is 1.00 bits per heavy atom. The lowest BCUT2D eigenvalue weighted by atomic mass is 9.89. The molecule has 2 heteroatoms. The summed E-state index contributed by atoms with van der Waals surface area (Å²) >= 11 is 0. The van der Waals surface area contributed by atoms with Crippen molar-refractivity contribution in [2.24, 2.45) is 0 Å². The Kier molecular flexibility index (Phi) is 6.69. The predicted octanol–water partition coefficient (Wildman–Crippen LogP) is 4.75. The zero-order valence-corrected chi connectivity index (χ0v) is 13.2. The van der Waals surface area contributed by atoms with Crippen LogP contribution in [0.5, 0.6) is 0 Å². The smallest absolute Gasteiger partial charge is 0.306 e. The number of hydrogen-bond acceptors (Lipinski definition) is 2. The lowest BCUT2D eigenvalue weighted by Crippen LogP contribution is -2.13. The van der Waals surface area contributed by atoms with E-state index in [9.17, 15) is 4.79 Å². The molecule has 0 fully saturated rings. The van der Waals surface area contributed by atoms with E-state index < -0.39 is 0 Å². The molecule has 22 heavy (non-hydrogen) atoms. The van der Waals surface area contributed by atoms with E-state index in [2.05, 4.69) is 31.2 Å². The van der Waals surface area contributed by atoms with Crippen LogP contribution in [-0.4, -0.2) is 12.6 Å². The molecule has 0 spiro atoms. The van der Waals surface area contributed by atoms with Crippen LogP contribution >= 0.6 is 0 Å². The van der Waals surface area contributed by atoms with Crippen LogP contribution in [0.4, 0.5) is 0 Å². The highest BCUT2D eigenvalue weighted by molar-refractivity contribution is 5.70. The minimum atomic E-state index is -0.0989. The fraction of sp³-hybridized carbons (Fsp3) is 0.350. The van der Waals surface area contributed by atoms with Gasteiger partial charge in [0.2, 0.25) is 0 Å². The van der Waals surface area contributed by atoms with E-state index in [1.165, 1.54) is 11.1 Å². The van der Waals surface area contributed by atoms with Crippen LogP contribution < -0.4 is 0 Å². The maximum absolute atomic E-state index is 12.1. The Morgan fingerprint density at radius 2 is 1.64 bits per heavy atom. The minimum Gasteiger partial charge on any atom is -0.466 e. The van der Waals surface area contributed by atoms with Gasteiger partial charge in [0.1, 0.15) is 0 Å². The lowest BCUT2D eigenvalue weighted by molar-refractivity contribution is -0.144. The molecule has 0 amide bonds. The third-order valence-electron chi connectivity index (χ3n) is 3.77. The molecule has 0 saturated heterocycles. The van der Waals surface area contributed by atoms with E-state index in [-0.39, 0.29) is 11.9 Å². The maximum Gasteiger partial charge on any atom is 0.306 e. The summed E-state index contributed by atoms with van der Waals surface area (Å²) in [5, 5.41) is 0. The van der Waals surface area contributed by atoms with Gasteiger partial charge in [-0.3, -0.25) is 4.79 Å². The first-order valence-electron chi connectivity index (χ1n) is 8.04. The zero-order valence-electron chi connectivity index (χ0n) is 13.2. The van der Waals surface area contributed by atoms with Gasteiger partial charge in [0, 0.05) is 0 Å². The molecule has 0 radical (unpaired) electrons. The van der Waals surface area contributed by atoms with Crippen molar-refractivity contribution in [3.8, 4) is 0 Å². The first-order valence-corrected chi connectivity index (χ1v) is 8.04. The molecule has 116 valence electrons. The van der Waals surface area contributed by atoms with Crippen molar-refractivity contribution in [3.05, 3.63) is 71.8 Å². The zero-order chi connectivity index (χ0) is 15.6. The maximum atomic E-state index is 12.1. The molecule has 2 nitrogen and oxygen atoms in total. The van der Waals surface area contributed by atoms with Gasteiger partial charge in [-0.25, -0.2) is 0 Å². The van der Waals surface area contributed by atoms with Crippen LogP contribution in [0.25, 0.3) is 0 Å². The van der Waals surface area contributed by atoms with Gasteiger partial charge in [0.25, 0.3) is 0 Å². The summed E-state index contributed by atoms with van der Waals surface area (Å²) in [6, 6.07) is 20.5. The molecule has 0 aliphatic carbocycles. The van der Waals surface area contributed by atoms with Crippen LogP contribution in [0, 0.1) is 0 Å². The lowest BCUT2D eigenvalue weighted by Gasteiger charge is -2.17. The van der Waals surface area contributed by atoms with Crippen molar-refractivity contribution < 1.29 is 9.53 Å². The van der Waals surface area contributed by atoms with Gasteiger partial charge < -0.3 is 4.74 Å². The fourth-order valence-corrected chi connectivity index (χ4v) is 2.52. The van der Waals surface area contributed by atoms with Crippen molar-refractivity contribution in [2.75, 3.05) is 6.61 Å². The molecule has 0 aliphatic heterocycles. The first-order chi connectivity index (χ1) is 10.8. The van der Waals surface area contributed by atoms with E-state index in [4.69, 9.17) is 4.74 Å². The summed E-state index contributed by atoms with van der Waals surface area (Å²) in [7, 11) is 0. The van der Waals surface area contributed by atoms with Crippen molar-refractivity contribution in [1.29, 1.82) is 0 Å². The van der Waals surface area contributed by atoms with Crippen LogP contribution in [0.3, 0.4) is 0 Å². The standard InChI is InChI=1S/C20H24O2/c1-2-3-14-22-20(21)16-19(18-12-8-5-9-13-18)15-17-10-6-4-7-11-17/h4-13,19H,2-3,14-16H2,1H3. The predicted molar refractivity (Wildman–Crippen MR) is 89.8 cm³/mol. The molecular formula is C20H24O2. The third kappa shape index (κ3) is 5.36. The van der Waals surface area contributed by atoms with E-state index in [0.717, 1.165) is 19.3 Å². The molecule has 1 atom stereocenters. The number of rotatable bonds is 8. The fourth-order valence-electron chi connectivity index (χ4n) is 2.52. The number of ether oxygens (including phenoxy) is 1. The van der Waals surface area contributed by atoms with Gasteiger partial charge in [-0.05, 0) is 29.9 Å². The number of benzene rings is 2. The summed E-state index contributed by atoms with van der Waals surface area (Å²) in [4.78, 5) is 12.1. The summed E-state index contributed by atoms with van der Waals surface area (Å²) in [6.07, 6.45) is 3.26. The summed E-state index contributed by atoms with van der Waals surface area (Å²) < 4.78 is 5.33. The molecular weight excluding hydrogens is 272 g/mol. The quantitative estimate of drug-likeness (QED) is 0.519. The van der Waals surface area contributed by atoms with Gasteiger partial charge in [0.05, 0.1) is 13.0 Å². The van der Waals surface area contributed by atoms with E-state index in [0.29, 0.717) is 13.0 Å². The van der Waals surface area contributed by atoms with Gasteiger partial charge in [-0.15, -0.1) is 0 Å². The molecule has 0 aromatic heterocycles. The van der Waals surface area contributed by atoms with Gasteiger partial charge in [0.15, 0.2) is 0 Å². The number of carbonyl (C=O) groups is 1. The number of carbonyl (C=O) groups excluding carboxylic acids is 1. The number of hydrogen-bond donors (Lipinski definition) is 0. The Labute approximate surface area is 133 Å². The Morgan fingerprint density at radius 3 is 2.27 bits per heavy atom. The highest BCUT2D eigenvalue weighted by atomic mass is 16.5. The van der Waals surface area contributed by atoms with Crippen LogP contribution in [-0.2, 0) is 16.0 Å². The molecule has 0 N–H and O–H groups in total. The van der Waals surface area contributed by atoms with Crippen molar-refractivity contribution in [2.45, 2.75) is 38.5 Å². The monoisotopic (exact) mass is 296 g/mol. The minimum absolute atomic E-state index is 0.0989. The average molecular weight is 296 g/mol. The normalized spacial score (nSPS) is 11.9. The third-order valence-corrected chi connectivity index (χ3v) is 3.77. The van der Waals surface area contributed by atoms with Crippen molar-refractivity contribution in [3.63, 3.8) is 0 Å². The molecule has 2 rings (SSSR count). The molecule has 1 unspecified atom stereocenters. The molecule has 0 heterocycles. The second kappa shape index (κ2) is 9.04. The van der Waals surface area contributed by atoms with Crippen LogP contribution in [0.1, 0.15) is 43.2 Å². The van der Waals surface area contributed by atoms with Gasteiger partial charge >= 0.3 is 5.97 Å². The Hall–Kier alpha value is -2.09. The van der Waals surface area contributed by atoms with Crippen molar-refractivity contribution >= 4 is 5.97 Å². The van der Waals surface area contributed by atoms with Gasteiger partial charge in [-0.2, -0.15) is 0 Å². The van der Waals surface area contributed by atoms with Crippen molar-refractivity contribution in [1.82, 2.24) is 0 Å². The Balaban J connectivity index is 2.04. The molecule has 0 aliphatic rings. The summed E-state index contributed by atoms with van der Waals surface area (Å²) in [6.45, 7) is 2.62. The second-order valence-electron chi connectivity index (χ2n) is 5.58. The number of unbranched alkanes of at least 4 members (excludes halogenated alkanes) is 1. The topological polar surface area (TPSA) is 26.3 Å². The van der Waals surface area contributed by atoms with E-state index >= 15 is 0 Å². The SMILES string of the molecule is CCCCOC(=O)CC(Cc1ccccc1)c1ccccc1. The van der Waals surface area contributed by atoms with Gasteiger partial charge in [-0.1, -0.05) is 74.0 Å². The molecule has 2 aromatic carbocycles. The molecule has 0 saturated carbocycles. The molecule has 0 bridgehead atoms. The van der Waals surface area contributed by atoms with E-state index in [1.807, 2.05) is 36.4 Å². The Bertz CT molecular complexity index is 548. The highest BCUT2D eigenvalue weighted by Gasteiger charge is 2.17. The highest BCUT2D eigenvalue weighted by Crippen LogP contribution is 2.24. The summed E-state index contributed by atoms with van der Waals surface area (Å²) in [5.41, 5.74) is 2.44. The first kappa shape index (κ1) is 16.3. The summed E-state index contributed by atoms with van der Waals surface area (Å²) in [5.74, 6) is 0.0657. The average Bonchev–Trinajstić information content (AvgIpc) is 2.56. The largest absolute Gasteiger partial charge is 0.466 e. The van der Waals surface area contributed by atoms with Crippen LogP contribution in [0.2, 0.25) is 0 Å². The van der Waals surface area contributed by atoms with E-state index in [1.54, 1.807) is 0 Å². The van der Waals surface area contributed by atoms with Crippen LogP contribution in [0.15, 0.2) is 60.7 Å². The molecule has 2 aromatic rings. The number of esters is 1.